The van der Waals surface area contributed by atoms with Gasteiger partial charge in [-0.2, -0.15) is 4.98 Å². The van der Waals surface area contributed by atoms with Crippen molar-refractivity contribution in [1.29, 1.82) is 0 Å². The average molecular weight is 266 g/mol. The maximum absolute atomic E-state index is 6.16. The summed E-state index contributed by atoms with van der Waals surface area (Å²) in [5, 5.41) is 4.53. The summed E-state index contributed by atoms with van der Waals surface area (Å²) >= 11 is 6.16. The van der Waals surface area contributed by atoms with E-state index in [9.17, 15) is 0 Å². The fraction of sp³-hybridized carbons (Fsp3) is 0.385. The minimum atomic E-state index is -0.584. The van der Waals surface area contributed by atoms with Crippen LogP contribution in [0.5, 0.6) is 0 Å². The van der Waals surface area contributed by atoms with E-state index in [-0.39, 0.29) is 0 Å². The number of halogens is 1. The molecule has 2 N–H and O–H groups in total. The number of aromatic nitrogens is 2. The molecular formula is C13H16ClN3O. The van der Waals surface area contributed by atoms with Gasteiger partial charge in [0.1, 0.15) is 0 Å². The smallest absolute Gasteiger partial charge is 0.259 e. The Morgan fingerprint density at radius 2 is 2.17 bits per heavy atom. The van der Waals surface area contributed by atoms with Crippen molar-refractivity contribution in [2.24, 2.45) is 5.73 Å². The minimum Gasteiger partial charge on any atom is -0.334 e. The summed E-state index contributed by atoms with van der Waals surface area (Å²) < 4.78 is 5.23. The molecule has 1 heterocycles. The Balaban J connectivity index is 2.41. The van der Waals surface area contributed by atoms with Gasteiger partial charge in [-0.1, -0.05) is 29.7 Å². The monoisotopic (exact) mass is 265 g/mol. The normalized spacial score (nSPS) is 14.5. The van der Waals surface area contributed by atoms with Crippen molar-refractivity contribution < 1.29 is 4.52 Å². The standard InChI is InChI=1S/C13H16ClN3O/c1-4-13(3,15)12-16-11(18-17-12)9-6-5-8(2)7-10(9)14/h5-7H,4,15H2,1-3H3. The van der Waals surface area contributed by atoms with E-state index in [1.54, 1.807) is 0 Å². The predicted molar refractivity (Wildman–Crippen MR) is 71.3 cm³/mol. The zero-order chi connectivity index (χ0) is 13.3. The van der Waals surface area contributed by atoms with Gasteiger partial charge in [0.2, 0.25) is 0 Å². The average Bonchev–Trinajstić information content (AvgIpc) is 2.79. The summed E-state index contributed by atoms with van der Waals surface area (Å²) in [5.41, 5.74) is 7.30. The van der Waals surface area contributed by atoms with Crippen LogP contribution in [0.3, 0.4) is 0 Å². The second kappa shape index (κ2) is 4.71. The molecule has 2 rings (SSSR count). The third-order valence-electron chi connectivity index (χ3n) is 3.03. The van der Waals surface area contributed by atoms with Crippen LogP contribution in [0.1, 0.15) is 31.7 Å². The molecular weight excluding hydrogens is 250 g/mol. The molecule has 4 nitrogen and oxygen atoms in total. The molecule has 0 amide bonds. The highest BCUT2D eigenvalue weighted by Gasteiger charge is 2.26. The lowest BCUT2D eigenvalue weighted by atomic mass is 10.00. The molecule has 0 aliphatic rings. The zero-order valence-electron chi connectivity index (χ0n) is 10.7. The zero-order valence-corrected chi connectivity index (χ0v) is 11.5. The number of benzene rings is 1. The molecule has 0 aliphatic heterocycles. The van der Waals surface area contributed by atoms with Crippen molar-refractivity contribution in [2.75, 3.05) is 0 Å². The van der Waals surface area contributed by atoms with Gasteiger partial charge < -0.3 is 10.3 Å². The van der Waals surface area contributed by atoms with E-state index in [1.807, 2.05) is 39.0 Å². The number of hydrogen-bond donors (Lipinski definition) is 1. The number of nitrogens with two attached hydrogens (primary N) is 1. The molecule has 0 fully saturated rings. The van der Waals surface area contributed by atoms with Gasteiger partial charge in [0.25, 0.3) is 5.89 Å². The second-order valence-electron chi connectivity index (χ2n) is 4.68. The Bertz CT molecular complexity index is 563. The summed E-state index contributed by atoms with van der Waals surface area (Å²) in [6, 6.07) is 5.68. The van der Waals surface area contributed by atoms with Crippen LogP contribution in [0.15, 0.2) is 22.7 Å². The lowest BCUT2D eigenvalue weighted by Gasteiger charge is -2.16. The Hall–Kier alpha value is -1.39. The number of aryl methyl sites for hydroxylation is 1. The van der Waals surface area contributed by atoms with E-state index in [1.165, 1.54) is 0 Å². The molecule has 0 saturated heterocycles. The van der Waals surface area contributed by atoms with Crippen molar-refractivity contribution in [2.45, 2.75) is 32.7 Å². The highest BCUT2D eigenvalue weighted by atomic mass is 35.5. The first kappa shape index (κ1) is 13.1. The van der Waals surface area contributed by atoms with Crippen LogP contribution in [0.25, 0.3) is 11.5 Å². The van der Waals surface area contributed by atoms with Gasteiger partial charge in [0, 0.05) is 0 Å². The highest BCUT2D eigenvalue weighted by Crippen LogP contribution is 2.29. The van der Waals surface area contributed by atoms with Crippen molar-refractivity contribution in [1.82, 2.24) is 10.1 Å². The third kappa shape index (κ3) is 2.40. The van der Waals surface area contributed by atoms with Gasteiger partial charge in [-0.05, 0) is 38.0 Å². The van der Waals surface area contributed by atoms with Crippen LogP contribution in [0.2, 0.25) is 5.02 Å². The molecule has 0 bridgehead atoms. The molecule has 0 spiro atoms. The number of hydrogen-bond acceptors (Lipinski definition) is 4. The van der Waals surface area contributed by atoms with E-state index in [0.29, 0.717) is 16.7 Å². The minimum absolute atomic E-state index is 0.403. The fourth-order valence-electron chi connectivity index (χ4n) is 1.52. The van der Waals surface area contributed by atoms with Crippen LogP contribution in [0, 0.1) is 6.92 Å². The van der Waals surface area contributed by atoms with Gasteiger partial charge >= 0.3 is 0 Å². The molecule has 18 heavy (non-hydrogen) atoms. The molecule has 0 saturated carbocycles. The third-order valence-corrected chi connectivity index (χ3v) is 3.34. The maximum Gasteiger partial charge on any atom is 0.259 e. The fourth-order valence-corrected chi connectivity index (χ4v) is 1.83. The molecule has 5 heteroatoms. The first-order valence-corrected chi connectivity index (χ1v) is 6.21. The van der Waals surface area contributed by atoms with Gasteiger partial charge in [0.15, 0.2) is 5.82 Å². The first-order chi connectivity index (χ1) is 8.44. The Morgan fingerprint density at radius 3 is 2.78 bits per heavy atom. The number of nitrogens with zero attached hydrogens (tertiary/aromatic N) is 2. The molecule has 1 aromatic heterocycles. The molecule has 0 aliphatic carbocycles. The van der Waals surface area contributed by atoms with E-state index < -0.39 is 5.54 Å². The summed E-state index contributed by atoms with van der Waals surface area (Å²) in [6.45, 7) is 5.83. The summed E-state index contributed by atoms with van der Waals surface area (Å²) in [6.07, 6.45) is 0.730. The Labute approximate surface area is 111 Å². The van der Waals surface area contributed by atoms with Gasteiger partial charge in [-0.25, -0.2) is 0 Å². The molecule has 2 aromatic rings. The summed E-state index contributed by atoms with van der Waals surface area (Å²) in [5.74, 6) is 0.900. The van der Waals surface area contributed by atoms with Crippen molar-refractivity contribution in [3.8, 4) is 11.5 Å². The van der Waals surface area contributed by atoms with Gasteiger partial charge in [0.05, 0.1) is 16.1 Å². The van der Waals surface area contributed by atoms with Crippen LogP contribution >= 0.6 is 11.6 Å². The van der Waals surface area contributed by atoms with Gasteiger partial charge in [-0.3, -0.25) is 0 Å². The lowest BCUT2D eigenvalue weighted by molar-refractivity contribution is 0.379. The van der Waals surface area contributed by atoms with Crippen LogP contribution in [0.4, 0.5) is 0 Å². The van der Waals surface area contributed by atoms with E-state index in [2.05, 4.69) is 10.1 Å². The maximum atomic E-state index is 6.16. The molecule has 1 atom stereocenters. The number of rotatable bonds is 3. The second-order valence-corrected chi connectivity index (χ2v) is 5.08. The molecule has 1 aromatic carbocycles. The lowest BCUT2D eigenvalue weighted by Crippen LogP contribution is -2.33. The topological polar surface area (TPSA) is 64.9 Å². The largest absolute Gasteiger partial charge is 0.334 e. The quantitative estimate of drug-likeness (QED) is 0.925. The Kier molecular flexibility index (Phi) is 3.41. The molecule has 0 radical (unpaired) electrons. The van der Waals surface area contributed by atoms with E-state index >= 15 is 0 Å². The van der Waals surface area contributed by atoms with Crippen molar-refractivity contribution >= 4 is 11.6 Å². The van der Waals surface area contributed by atoms with Crippen molar-refractivity contribution in [3.05, 3.63) is 34.6 Å². The summed E-state index contributed by atoms with van der Waals surface area (Å²) in [4.78, 5) is 4.33. The molecule has 1 unspecified atom stereocenters. The first-order valence-electron chi connectivity index (χ1n) is 5.83. The summed E-state index contributed by atoms with van der Waals surface area (Å²) in [7, 11) is 0. The van der Waals surface area contributed by atoms with Crippen LogP contribution in [-0.4, -0.2) is 10.1 Å². The Morgan fingerprint density at radius 1 is 1.44 bits per heavy atom. The predicted octanol–water partition coefficient (Wildman–Crippen LogP) is 3.28. The molecule has 96 valence electrons. The highest BCUT2D eigenvalue weighted by molar-refractivity contribution is 6.33. The van der Waals surface area contributed by atoms with Crippen LogP contribution < -0.4 is 5.73 Å². The van der Waals surface area contributed by atoms with Gasteiger partial charge in [-0.15, -0.1) is 0 Å². The SMILES string of the molecule is CCC(C)(N)c1noc(-c2ccc(C)cc2Cl)n1. The van der Waals surface area contributed by atoms with Crippen LogP contribution in [-0.2, 0) is 5.54 Å². The van der Waals surface area contributed by atoms with E-state index in [4.69, 9.17) is 21.9 Å². The van der Waals surface area contributed by atoms with Crippen molar-refractivity contribution in [3.63, 3.8) is 0 Å². The van der Waals surface area contributed by atoms with E-state index in [0.717, 1.165) is 17.5 Å².